The number of azo groups is 1. The summed E-state index contributed by atoms with van der Waals surface area (Å²) in [7, 11) is 2.16. The van der Waals surface area contributed by atoms with E-state index in [4.69, 9.17) is 10.5 Å². The molecular weight excluding hydrogens is 240 g/mol. The summed E-state index contributed by atoms with van der Waals surface area (Å²) in [5.74, 6) is -1.89. The number of nitrogens with zero attached hydrogens (tertiary/aromatic N) is 4. The van der Waals surface area contributed by atoms with Gasteiger partial charge < -0.3 is 9.47 Å². The van der Waals surface area contributed by atoms with Gasteiger partial charge in [-0.05, 0) is 13.8 Å². The maximum Gasteiger partial charge on any atom is 0.350 e. The normalized spacial score (nSPS) is 16.8. The molecule has 96 valence electrons. The number of carbonyl (C=O) groups excluding carboxylic acids is 2. The first-order valence-corrected chi connectivity index (χ1v) is 4.73. The molecule has 0 fully saturated rings. The van der Waals surface area contributed by atoms with Gasteiger partial charge in [-0.15, -0.1) is 0 Å². The van der Waals surface area contributed by atoms with E-state index in [1.165, 1.54) is 0 Å². The van der Waals surface area contributed by atoms with E-state index in [-0.39, 0.29) is 0 Å². The molecule has 0 aliphatic carbocycles. The Balaban J connectivity index is 5.37. The summed E-state index contributed by atoms with van der Waals surface area (Å²) in [6.07, 6.45) is 0. The van der Waals surface area contributed by atoms with E-state index in [0.717, 1.165) is 28.1 Å². The van der Waals surface area contributed by atoms with Crippen LogP contribution < -0.4 is 0 Å². The van der Waals surface area contributed by atoms with Crippen molar-refractivity contribution in [1.29, 1.82) is 10.5 Å². The van der Waals surface area contributed by atoms with Crippen LogP contribution in [0.25, 0.3) is 0 Å². The molecule has 0 bridgehead atoms. The molecule has 0 N–H and O–H groups in total. The van der Waals surface area contributed by atoms with E-state index in [1.54, 1.807) is 12.1 Å². The molecule has 0 heterocycles. The van der Waals surface area contributed by atoms with E-state index in [0.29, 0.717) is 0 Å². The Bertz CT molecular complexity index is 419. The zero-order chi connectivity index (χ0) is 14.4. The van der Waals surface area contributed by atoms with Crippen LogP contribution in [0.2, 0.25) is 0 Å². The van der Waals surface area contributed by atoms with Crippen LogP contribution in [0.3, 0.4) is 0 Å². The van der Waals surface area contributed by atoms with Crippen LogP contribution in [0.1, 0.15) is 13.8 Å². The van der Waals surface area contributed by atoms with Gasteiger partial charge in [0.15, 0.2) is 0 Å². The van der Waals surface area contributed by atoms with Gasteiger partial charge in [-0.2, -0.15) is 20.8 Å². The predicted molar refractivity (Wildman–Crippen MR) is 56.9 cm³/mol. The second-order valence-corrected chi connectivity index (χ2v) is 3.55. The summed E-state index contributed by atoms with van der Waals surface area (Å²) in [6.45, 7) is 2.30. The SMILES string of the molecule is COC(=O)C(C)(C#N)/N=N/C(C)(C#N)C(=O)OC. The van der Waals surface area contributed by atoms with Crippen molar-refractivity contribution in [2.45, 2.75) is 24.9 Å². The summed E-state index contributed by atoms with van der Waals surface area (Å²) >= 11 is 0. The van der Waals surface area contributed by atoms with E-state index in [1.807, 2.05) is 0 Å². The first-order valence-electron chi connectivity index (χ1n) is 4.73. The average Bonchev–Trinajstić information content (AvgIpc) is 2.42. The Morgan fingerprint density at radius 2 is 1.22 bits per heavy atom. The largest absolute Gasteiger partial charge is 0.466 e. The van der Waals surface area contributed by atoms with Gasteiger partial charge in [0.1, 0.15) is 12.1 Å². The van der Waals surface area contributed by atoms with E-state index < -0.39 is 23.0 Å². The lowest BCUT2D eigenvalue weighted by molar-refractivity contribution is -0.146. The molecule has 0 aromatic heterocycles. The Hall–Kier alpha value is -2.48. The molecule has 0 radical (unpaired) electrons. The predicted octanol–water partition coefficient (Wildman–Crippen LogP) is 0.349. The number of carbonyl (C=O) groups is 2. The summed E-state index contributed by atoms with van der Waals surface area (Å²) < 4.78 is 8.76. The standard InChI is InChI=1S/C10H12N4O4/c1-9(5-11,7(15)17-3)13-14-10(2,6-12)8(16)18-4/h1-4H3/b14-13+. The fraction of sp³-hybridized carbons (Fsp3) is 0.600. The van der Waals surface area contributed by atoms with Gasteiger partial charge in [0.25, 0.3) is 11.1 Å². The molecule has 0 saturated heterocycles. The minimum Gasteiger partial charge on any atom is -0.466 e. The first kappa shape index (κ1) is 15.5. The molecule has 18 heavy (non-hydrogen) atoms. The molecule has 0 aromatic carbocycles. The van der Waals surface area contributed by atoms with Crippen LogP contribution in [0, 0.1) is 22.7 Å². The van der Waals surface area contributed by atoms with Crippen LogP contribution in [-0.4, -0.2) is 37.2 Å². The first-order chi connectivity index (χ1) is 8.29. The van der Waals surface area contributed by atoms with Crippen molar-refractivity contribution in [1.82, 2.24) is 0 Å². The number of hydrogen-bond acceptors (Lipinski definition) is 8. The molecule has 0 aliphatic rings. The lowest BCUT2D eigenvalue weighted by atomic mass is 10.1. The Morgan fingerprint density at radius 3 is 1.39 bits per heavy atom. The number of methoxy groups -OCH3 is 2. The second-order valence-electron chi connectivity index (χ2n) is 3.55. The molecule has 2 unspecified atom stereocenters. The minimum absolute atomic E-state index is 0.945. The van der Waals surface area contributed by atoms with Crippen molar-refractivity contribution >= 4 is 11.9 Å². The van der Waals surface area contributed by atoms with Crippen molar-refractivity contribution in [3.05, 3.63) is 0 Å². The highest BCUT2D eigenvalue weighted by Crippen LogP contribution is 2.18. The van der Waals surface area contributed by atoms with Crippen molar-refractivity contribution in [2.75, 3.05) is 14.2 Å². The van der Waals surface area contributed by atoms with Crippen LogP contribution >= 0.6 is 0 Å². The molecule has 0 spiro atoms. The van der Waals surface area contributed by atoms with Gasteiger partial charge in [0.05, 0.1) is 14.2 Å². The zero-order valence-electron chi connectivity index (χ0n) is 10.4. The van der Waals surface area contributed by atoms with Crippen molar-refractivity contribution < 1.29 is 19.1 Å². The highest BCUT2D eigenvalue weighted by atomic mass is 16.5. The molecule has 0 saturated carbocycles. The Morgan fingerprint density at radius 1 is 0.944 bits per heavy atom. The number of hydrogen-bond donors (Lipinski definition) is 0. The van der Waals surface area contributed by atoms with Crippen LogP contribution in [0.15, 0.2) is 10.2 Å². The number of ether oxygens (including phenoxy) is 2. The maximum atomic E-state index is 11.3. The quantitative estimate of drug-likeness (QED) is 0.525. The van der Waals surface area contributed by atoms with Gasteiger partial charge in [0.2, 0.25) is 0 Å². The van der Waals surface area contributed by atoms with Gasteiger partial charge >= 0.3 is 11.9 Å². The Kier molecular flexibility index (Phi) is 4.94. The molecule has 8 heteroatoms. The van der Waals surface area contributed by atoms with Crippen LogP contribution in [0.5, 0.6) is 0 Å². The topological polar surface area (TPSA) is 125 Å². The fourth-order valence-electron chi connectivity index (χ4n) is 0.815. The zero-order valence-corrected chi connectivity index (χ0v) is 10.4. The molecule has 8 nitrogen and oxygen atoms in total. The van der Waals surface area contributed by atoms with E-state index in [9.17, 15) is 9.59 Å². The lowest BCUT2D eigenvalue weighted by Gasteiger charge is -2.15. The number of rotatable bonds is 4. The molecule has 0 amide bonds. The van der Waals surface area contributed by atoms with Crippen LogP contribution in [-0.2, 0) is 19.1 Å². The number of nitriles is 2. The molecule has 0 aliphatic heterocycles. The van der Waals surface area contributed by atoms with Crippen molar-refractivity contribution in [2.24, 2.45) is 10.2 Å². The maximum absolute atomic E-state index is 11.3. The summed E-state index contributed by atoms with van der Waals surface area (Å²) in [4.78, 5) is 22.6. The highest BCUT2D eigenvalue weighted by Gasteiger charge is 2.39. The lowest BCUT2D eigenvalue weighted by Crippen LogP contribution is -2.36. The smallest absolute Gasteiger partial charge is 0.350 e. The van der Waals surface area contributed by atoms with Crippen molar-refractivity contribution in [3.63, 3.8) is 0 Å². The summed E-state index contributed by atoms with van der Waals surface area (Å²) in [5.41, 5.74) is -3.83. The second kappa shape index (κ2) is 5.73. The van der Waals surface area contributed by atoms with E-state index >= 15 is 0 Å². The summed E-state index contributed by atoms with van der Waals surface area (Å²) in [6, 6.07) is 3.17. The molecule has 2 atom stereocenters. The van der Waals surface area contributed by atoms with Crippen molar-refractivity contribution in [3.8, 4) is 12.1 Å². The number of esters is 2. The fourth-order valence-corrected chi connectivity index (χ4v) is 0.815. The third kappa shape index (κ3) is 3.01. The molecule has 0 rings (SSSR count). The third-order valence-corrected chi connectivity index (χ3v) is 2.05. The van der Waals surface area contributed by atoms with Gasteiger partial charge in [-0.3, -0.25) is 0 Å². The minimum atomic E-state index is -1.92. The van der Waals surface area contributed by atoms with Gasteiger partial charge in [-0.1, -0.05) is 0 Å². The van der Waals surface area contributed by atoms with Crippen LogP contribution in [0.4, 0.5) is 0 Å². The van der Waals surface area contributed by atoms with Gasteiger partial charge in [0, 0.05) is 0 Å². The highest BCUT2D eigenvalue weighted by molar-refractivity contribution is 5.85. The summed E-state index contributed by atoms with van der Waals surface area (Å²) in [5, 5.41) is 24.5. The van der Waals surface area contributed by atoms with E-state index in [2.05, 4.69) is 19.7 Å². The Labute approximate surface area is 104 Å². The van der Waals surface area contributed by atoms with Gasteiger partial charge in [-0.25, -0.2) is 9.59 Å². The molecular formula is C10H12N4O4. The third-order valence-electron chi connectivity index (χ3n) is 2.05. The average molecular weight is 252 g/mol. The monoisotopic (exact) mass is 252 g/mol. The molecule has 0 aromatic rings.